The van der Waals surface area contributed by atoms with Gasteiger partial charge in [0.1, 0.15) is 0 Å². The second kappa shape index (κ2) is 7.40. The van der Waals surface area contributed by atoms with Gasteiger partial charge in [0.05, 0.1) is 6.54 Å². The standard InChI is InChI=1S/C17H25F3N6O/c1-3-21-15(22-8-12-9-25(2)24-14(12)17(18,19)20)26-6-4-5-16(11-26)7-13(27)23-10-16/h9H,3-8,10-11H2,1-2H3,(H,21,22)(H,23,27). The average molecular weight is 386 g/mol. The van der Waals surface area contributed by atoms with Crippen molar-refractivity contribution in [2.75, 3.05) is 26.2 Å². The van der Waals surface area contributed by atoms with Crippen LogP contribution in [0.2, 0.25) is 0 Å². The Hall–Kier alpha value is -2.26. The molecule has 1 unspecified atom stereocenters. The third-order valence-electron chi connectivity index (χ3n) is 5.06. The summed E-state index contributed by atoms with van der Waals surface area (Å²) in [6.45, 7) is 4.49. The molecule has 0 aliphatic carbocycles. The van der Waals surface area contributed by atoms with E-state index in [1.807, 2.05) is 6.92 Å². The second-order valence-electron chi connectivity index (χ2n) is 7.32. The van der Waals surface area contributed by atoms with Crippen LogP contribution in [0.15, 0.2) is 11.2 Å². The van der Waals surface area contributed by atoms with E-state index >= 15 is 0 Å². The van der Waals surface area contributed by atoms with Gasteiger partial charge in [-0.05, 0) is 19.8 Å². The van der Waals surface area contributed by atoms with Crippen LogP contribution in [0.5, 0.6) is 0 Å². The van der Waals surface area contributed by atoms with Crippen LogP contribution in [0, 0.1) is 5.41 Å². The highest BCUT2D eigenvalue weighted by atomic mass is 19.4. The molecular formula is C17H25F3N6O. The molecule has 2 fully saturated rings. The summed E-state index contributed by atoms with van der Waals surface area (Å²) in [5, 5.41) is 9.59. The Morgan fingerprint density at radius 1 is 1.48 bits per heavy atom. The zero-order valence-corrected chi connectivity index (χ0v) is 15.6. The highest BCUT2D eigenvalue weighted by Gasteiger charge is 2.42. The maximum atomic E-state index is 13.1. The van der Waals surface area contributed by atoms with E-state index in [-0.39, 0.29) is 23.4 Å². The second-order valence-corrected chi connectivity index (χ2v) is 7.32. The molecule has 1 amide bonds. The molecule has 1 aromatic heterocycles. The lowest BCUT2D eigenvalue weighted by molar-refractivity contribution is -0.142. The fraction of sp³-hybridized carbons (Fsp3) is 0.706. The number of carbonyl (C=O) groups excluding carboxylic acids is 1. The number of hydrogen-bond acceptors (Lipinski definition) is 3. The van der Waals surface area contributed by atoms with Crippen LogP contribution in [-0.4, -0.2) is 52.7 Å². The Labute approximate surface area is 156 Å². The van der Waals surface area contributed by atoms with Crippen LogP contribution in [0.1, 0.15) is 37.4 Å². The molecule has 1 aromatic rings. The van der Waals surface area contributed by atoms with Crippen LogP contribution in [0.3, 0.4) is 0 Å². The van der Waals surface area contributed by atoms with E-state index in [0.29, 0.717) is 32.0 Å². The number of nitrogens with one attached hydrogen (secondary N) is 2. The molecule has 10 heteroatoms. The van der Waals surface area contributed by atoms with Gasteiger partial charge in [0.2, 0.25) is 5.91 Å². The van der Waals surface area contributed by atoms with Crippen molar-refractivity contribution in [3.05, 3.63) is 17.5 Å². The van der Waals surface area contributed by atoms with Gasteiger partial charge in [0.25, 0.3) is 0 Å². The number of nitrogens with zero attached hydrogens (tertiary/aromatic N) is 4. The Balaban J connectivity index is 1.78. The van der Waals surface area contributed by atoms with Gasteiger partial charge < -0.3 is 15.5 Å². The van der Waals surface area contributed by atoms with Gasteiger partial charge in [0, 0.05) is 56.8 Å². The summed E-state index contributed by atoms with van der Waals surface area (Å²) in [5.74, 6) is 0.636. The monoisotopic (exact) mass is 386 g/mol. The number of halogens is 3. The van der Waals surface area contributed by atoms with Gasteiger partial charge in [0.15, 0.2) is 11.7 Å². The molecule has 150 valence electrons. The van der Waals surface area contributed by atoms with Crippen molar-refractivity contribution >= 4 is 11.9 Å². The number of amides is 1. The molecule has 2 N–H and O–H groups in total. The largest absolute Gasteiger partial charge is 0.435 e. The first-order valence-electron chi connectivity index (χ1n) is 9.12. The van der Waals surface area contributed by atoms with Gasteiger partial charge in [-0.15, -0.1) is 0 Å². The van der Waals surface area contributed by atoms with Crippen molar-refractivity contribution in [1.29, 1.82) is 0 Å². The zero-order valence-electron chi connectivity index (χ0n) is 15.6. The number of guanidine groups is 1. The van der Waals surface area contributed by atoms with Crippen molar-refractivity contribution in [2.24, 2.45) is 17.5 Å². The number of carbonyl (C=O) groups is 1. The highest BCUT2D eigenvalue weighted by molar-refractivity contribution is 5.81. The third kappa shape index (κ3) is 4.36. The Morgan fingerprint density at radius 2 is 2.26 bits per heavy atom. The van der Waals surface area contributed by atoms with E-state index in [0.717, 1.165) is 24.1 Å². The van der Waals surface area contributed by atoms with Crippen LogP contribution in [-0.2, 0) is 24.6 Å². The molecule has 7 nitrogen and oxygen atoms in total. The van der Waals surface area contributed by atoms with E-state index in [1.165, 1.54) is 13.2 Å². The van der Waals surface area contributed by atoms with Crippen molar-refractivity contribution < 1.29 is 18.0 Å². The van der Waals surface area contributed by atoms with Crippen molar-refractivity contribution in [3.63, 3.8) is 0 Å². The highest BCUT2D eigenvalue weighted by Crippen LogP contribution is 2.36. The maximum absolute atomic E-state index is 13.1. The molecule has 1 spiro atoms. The number of aromatic nitrogens is 2. The number of aryl methyl sites for hydroxylation is 1. The lowest BCUT2D eigenvalue weighted by atomic mass is 9.79. The molecule has 1 atom stereocenters. The van der Waals surface area contributed by atoms with Gasteiger partial charge in [-0.3, -0.25) is 9.48 Å². The first-order chi connectivity index (χ1) is 12.7. The first-order valence-corrected chi connectivity index (χ1v) is 9.12. The summed E-state index contributed by atoms with van der Waals surface area (Å²) in [6.07, 6.45) is -0.783. The molecule has 3 rings (SSSR count). The fourth-order valence-corrected chi connectivity index (χ4v) is 3.91. The Kier molecular flexibility index (Phi) is 5.34. The Bertz CT molecular complexity index is 729. The lowest BCUT2D eigenvalue weighted by Crippen LogP contribution is -2.51. The van der Waals surface area contributed by atoms with E-state index in [2.05, 4.69) is 25.6 Å². The summed E-state index contributed by atoms with van der Waals surface area (Å²) in [5.41, 5.74) is -0.966. The molecule has 0 aromatic carbocycles. The summed E-state index contributed by atoms with van der Waals surface area (Å²) in [4.78, 5) is 18.2. The van der Waals surface area contributed by atoms with E-state index in [9.17, 15) is 18.0 Å². The van der Waals surface area contributed by atoms with Crippen LogP contribution < -0.4 is 10.6 Å². The maximum Gasteiger partial charge on any atom is 0.435 e. The minimum atomic E-state index is -4.50. The number of alkyl halides is 3. The van der Waals surface area contributed by atoms with Crippen molar-refractivity contribution in [3.8, 4) is 0 Å². The van der Waals surface area contributed by atoms with E-state index < -0.39 is 11.9 Å². The van der Waals surface area contributed by atoms with Crippen molar-refractivity contribution in [1.82, 2.24) is 25.3 Å². The molecule has 2 saturated heterocycles. The lowest BCUT2D eigenvalue weighted by Gasteiger charge is -2.40. The summed E-state index contributed by atoms with van der Waals surface area (Å²) in [6, 6.07) is 0. The van der Waals surface area contributed by atoms with Gasteiger partial charge in [-0.1, -0.05) is 0 Å². The average Bonchev–Trinajstić information content (AvgIpc) is 3.14. The summed E-state index contributed by atoms with van der Waals surface area (Å²) >= 11 is 0. The first kappa shape index (κ1) is 19.5. The number of hydrogen-bond donors (Lipinski definition) is 2. The predicted molar refractivity (Wildman–Crippen MR) is 93.9 cm³/mol. The molecule has 0 radical (unpaired) electrons. The number of piperidine rings is 1. The third-order valence-corrected chi connectivity index (χ3v) is 5.06. The van der Waals surface area contributed by atoms with E-state index in [4.69, 9.17) is 0 Å². The normalized spacial score (nSPS) is 23.8. The van der Waals surface area contributed by atoms with Crippen LogP contribution in [0.4, 0.5) is 13.2 Å². The van der Waals surface area contributed by atoms with Gasteiger partial charge in [-0.25, -0.2) is 4.99 Å². The molecule has 3 heterocycles. The topological polar surface area (TPSA) is 74.6 Å². The molecule has 0 saturated carbocycles. The fourth-order valence-electron chi connectivity index (χ4n) is 3.91. The van der Waals surface area contributed by atoms with Gasteiger partial charge in [-0.2, -0.15) is 18.3 Å². The quantitative estimate of drug-likeness (QED) is 0.610. The van der Waals surface area contributed by atoms with Gasteiger partial charge >= 0.3 is 6.18 Å². The number of rotatable bonds is 3. The molecule has 0 bridgehead atoms. The Morgan fingerprint density at radius 3 is 2.89 bits per heavy atom. The van der Waals surface area contributed by atoms with Crippen molar-refractivity contribution in [2.45, 2.75) is 38.9 Å². The minimum absolute atomic E-state index is 0.0461. The SMILES string of the molecule is CCNC(=NCc1cn(C)nc1C(F)(F)F)N1CCCC2(CNC(=O)C2)C1. The molecule has 27 heavy (non-hydrogen) atoms. The van der Waals surface area contributed by atoms with E-state index in [1.54, 1.807) is 0 Å². The van der Waals surface area contributed by atoms with Crippen LogP contribution >= 0.6 is 0 Å². The number of aliphatic imine (C=N–C) groups is 1. The van der Waals surface area contributed by atoms with Crippen LogP contribution in [0.25, 0.3) is 0 Å². The summed E-state index contributed by atoms with van der Waals surface area (Å²) in [7, 11) is 1.46. The number of likely N-dealkylation sites (tertiary alicyclic amines) is 1. The zero-order chi connectivity index (χ0) is 19.7. The molecular weight excluding hydrogens is 361 g/mol. The predicted octanol–water partition coefficient (Wildman–Crippen LogP) is 1.51. The smallest absolute Gasteiger partial charge is 0.357 e. The summed E-state index contributed by atoms with van der Waals surface area (Å²) < 4.78 is 40.6. The minimum Gasteiger partial charge on any atom is -0.357 e. The molecule has 2 aliphatic rings. The molecule has 2 aliphatic heterocycles.